The zero-order valence-corrected chi connectivity index (χ0v) is 34.9. The van der Waals surface area contributed by atoms with Crippen LogP contribution >= 0.6 is 11.3 Å². The molecule has 2 aromatic carbocycles. The van der Waals surface area contributed by atoms with Crippen LogP contribution in [0.4, 0.5) is 9.93 Å². The highest BCUT2D eigenvalue weighted by Gasteiger charge is 2.56. The highest BCUT2D eigenvalue weighted by atomic mass is 35.5. The van der Waals surface area contributed by atoms with Crippen LogP contribution in [0.1, 0.15) is 67.8 Å². The average Bonchev–Trinajstić information content (AvgIpc) is 3.64. The summed E-state index contributed by atoms with van der Waals surface area (Å²) in [6.45, 7) is 6.47. The molecule has 1 aliphatic heterocycles. The van der Waals surface area contributed by atoms with E-state index in [1.807, 2.05) is 96.8 Å². The number of rotatable bonds is 16. The topological polar surface area (TPSA) is 204 Å². The monoisotopic (exact) mass is 856 g/mol. The lowest BCUT2D eigenvalue weighted by Crippen LogP contribution is -3.00. The number of halogens is 1. The minimum absolute atomic E-state index is 0. The number of ether oxygens (including phenoxy) is 2. The van der Waals surface area contributed by atoms with E-state index in [1.54, 1.807) is 27.0 Å². The number of carbonyl (C=O) groups excluding carboxylic acids is 4. The maximum absolute atomic E-state index is 14.0. The summed E-state index contributed by atoms with van der Waals surface area (Å²) in [5.41, 5.74) is 0.833. The van der Waals surface area contributed by atoms with Gasteiger partial charge in [0.05, 0.1) is 24.5 Å². The zero-order chi connectivity index (χ0) is 41.6. The number of aryl methyl sites for hydroxylation is 1. The first-order chi connectivity index (χ1) is 28.3. The van der Waals surface area contributed by atoms with Crippen LogP contribution in [-0.2, 0) is 55.4 Å². The Hall–Kier alpha value is -6.24. The summed E-state index contributed by atoms with van der Waals surface area (Å²) in [6, 6.07) is 21.1. The highest BCUT2D eigenvalue weighted by molar-refractivity contribution is 7.14. The molecule has 4 N–H and O–H groups in total. The molecule has 1 saturated carbocycles. The number of pyridine rings is 1. The number of amides is 3. The van der Waals surface area contributed by atoms with Gasteiger partial charge in [0.2, 0.25) is 11.5 Å². The van der Waals surface area contributed by atoms with E-state index in [0.717, 1.165) is 28.0 Å². The molecule has 60 heavy (non-hydrogen) atoms. The maximum atomic E-state index is 14.0. The van der Waals surface area contributed by atoms with Crippen molar-refractivity contribution >= 4 is 46.1 Å². The Balaban J connectivity index is 0.00000604. The van der Waals surface area contributed by atoms with E-state index >= 15 is 0 Å². The van der Waals surface area contributed by atoms with E-state index in [-0.39, 0.29) is 48.3 Å². The number of benzene rings is 2. The van der Waals surface area contributed by atoms with E-state index in [9.17, 15) is 19.2 Å². The summed E-state index contributed by atoms with van der Waals surface area (Å²) >= 11 is 1.02. The van der Waals surface area contributed by atoms with Crippen molar-refractivity contribution in [2.24, 2.45) is 12.2 Å². The van der Waals surface area contributed by atoms with Gasteiger partial charge in [-0.25, -0.2) is 19.1 Å². The third-order valence-corrected chi connectivity index (χ3v) is 10.0. The number of esters is 1. The number of carbonyl (C=O) groups is 4. The molecule has 7 rings (SSSR count). The lowest BCUT2D eigenvalue weighted by Gasteiger charge is -2.36. The minimum Gasteiger partial charge on any atom is -1.00 e. The molecule has 0 radical (unpaired) electrons. The largest absolute Gasteiger partial charge is 1.00 e. The Kier molecular flexibility index (Phi) is 13.6. The number of hydrogen-bond acceptors (Lipinski definition) is 13. The van der Waals surface area contributed by atoms with Crippen LogP contribution < -0.4 is 38.2 Å². The quantitative estimate of drug-likeness (QED) is 0.0353. The Labute approximate surface area is 356 Å². The van der Waals surface area contributed by atoms with E-state index < -0.39 is 53.3 Å². The van der Waals surface area contributed by atoms with Gasteiger partial charge in [-0.1, -0.05) is 65.8 Å². The SMILES string of the molecule is C[n+]1cccc(CNCc2cnn(C[C@H]3NC(=O)[C@H]3NC(=O)/C(=N/OC3(C(=O)OC(c4ccccc4)c4ccccc4)CC3)c3csc(NC(=O)OC(C)(C)C)n3)n2)c1.[Cl-]. The van der Waals surface area contributed by atoms with Crippen LogP contribution in [0.25, 0.3) is 0 Å². The fourth-order valence-electron chi connectivity index (χ4n) is 6.15. The second-order valence-electron chi connectivity index (χ2n) is 15.2. The molecule has 0 bridgehead atoms. The smallest absolute Gasteiger partial charge is 0.413 e. The second-order valence-corrected chi connectivity index (χ2v) is 16.1. The first kappa shape index (κ1) is 43.3. The summed E-state index contributed by atoms with van der Waals surface area (Å²) in [5, 5.41) is 26.1. The number of nitrogens with zero attached hydrogens (tertiary/aromatic N) is 6. The van der Waals surface area contributed by atoms with Crippen molar-refractivity contribution in [1.29, 1.82) is 0 Å². The number of β-lactam (4-membered cyclic amide) rings is 1. The Morgan fingerprint density at radius 2 is 1.73 bits per heavy atom. The summed E-state index contributed by atoms with van der Waals surface area (Å²) in [7, 11) is 1.96. The first-order valence-corrected chi connectivity index (χ1v) is 19.9. The van der Waals surface area contributed by atoms with Crippen molar-refractivity contribution in [3.8, 4) is 0 Å². The molecule has 2 fully saturated rings. The maximum Gasteiger partial charge on any atom is 0.413 e. The first-order valence-electron chi connectivity index (χ1n) is 19.0. The highest BCUT2D eigenvalue weighted by Crippen LogP contribution is 2.43. The third kappa shape index (κ3) is 11.1. The number of aromatic nitrogens is 5. The minimum atomic E-state index is -1.46. The molecule has 17 nitrogen and oxygen atoms in total. The van der Waals surface area contributed by atoms with Crippen LogP contribution in [0.15, 0.2) is 102 Å². The van der Waals surface area contributed by atoms with Gasteiger partial charge in [0.1, 0.15) is 24.4 Å². The lowest BCUT2D eigenvalue weighted by atomic mass is 9.98. The zero-order valence-electron chi connectivity index (χ0n) is 33.3. The molecular formula is C41H45ClN10O7S. The molecule has 3 amide bonds. The van der Waals surface area contributed by atoms with Gasteiger partial charge in [0, 0.05) is 42.9 Å². The van der Waals surface area contributed by atoms with Crippen molar-refractivity contribution in [2.75, 3.05) is 5.32 Å². The summed E-state index contributed by atoms with van der Waals surface area (Å²) in [6.07, 6.45) is 4.74. The molecule has 2 atom stereocenters. The molecule has 1 saturated heterocycles. The molecule has 2 aliphatic rings. The van der Waals surface area contributed by atoms with E-state index in [1.165, 1.54) is 10.2 Å². The van der Waals surface area contributed by atoms with E-state index in [0.29, 0.717) is 18.8 Å². The van der Waals surface area contributed by atoms with Crippen molar-refractivity contribution in [3.63, 3.8) is 0 Å². The predicted molar refractivity (Wildman–Crippen MR) is 214 cm³/mol. The van der Waals surface area contributed by atoms with Crippen molar-refractivity contribution in [3.05, 3.63) is 125 Å². The Morgan fingerprint density at radius 1 is 1.03 bits per heavy atom. The molecule has 3 aromatic heterocycles. The predicted octanol–water partition coefficient (Wildman–Crippen LogP) is 0.469. The van der Waals surface area contributed by atoms with E-state index in [2.05, 4.69) is 41.6 Å². The van der Waals surface area contributed by atoms with Gasteiger partial charge in [-0.05, 0) is 38.0 Å². The van der Waals surface area contributed by atoms with Gasteiger partial charge >= 0.3 is 12.1 Å². The van der Waals surface area contributed by atoms with Gasteiger partial charge < -0.3 is 42.7 Å². The summed E-state index contributed by atoms with van der Waals surface area (Å²) in [4.78, 5) is 64.9. The van der Waals surface area contributed by atoms with Gasteiger partial charge in [-0.3, -0.25) is 14.9 Å². The Bertz CT molecular complexity index is 2290. The molecule has 19 heteroatoms. The van der Waals surface area contributed by atoms with Gasteiger partial charge in [-0.15, -0.1) is 11.3 Å². The lowest BCUT2D eigenvalue weighted by molar-refractivity contribution is -0.671. The van der Waals surface area contributed by atoms with Gasteiger partial charge in [0.15, 0.2) is 29.3 Å². The molecule has 5 aromatic rings. The van der Waals surface area contributed by atoms with Crippen molar-refractivity contribution < 1.29 is 50.5 Å². The molecule has 0 spiro atoms. The van der Waals surface area contributed by atoms with E-state index in [4.69, 9.17) is 14.3 Å². The van der Waals surface area contributed by atoms with Gasteiger partial charge in [-0.2, -0.15) is 15.0 Å². The number of nitrogens with one attached hydrogen (secondary N) is 4. The molecule has 1 aliphatic carbocycles. The summed E-state index contributed by atoms with van der Waals surface area (Å²) in [5.74, 6) is -1.88. The fraction of sp³-hybridized carbons (Fsp3) is 0.341. The molecule has 314 valence electrons. The fourth-order valence-corrected chi connectivity index (χ4v) is 6.83. The standard InChI is InChI=1S/C41H44N10O7S.ClH/c1-40(2,3)57-39(55)47-38-45-31(25-59-38)33(49-58-41(17-18-41)37(54)56-34(27-13-7-5-8-14-27)28-15-9-6-10-16-28)36(53)46-32-30(44-35(32)52)24-51-43-22-29(48-51)21-42-20-26-12-11-19-50(4)23-26;/h5-16,19,22-23,25,30,32,34,42H,17-18,20-21,24H2,1-4H3,(H2-,44,45,46,47,52,53,55);1H/b49-33+;/t30-,32+;/m1./s1. The number of thiazole rings is 1. The van der Waals surface area contributed by atoms with Crippen LogP contribution in [0, 0.1) is 0 Å². The van der Waals surface area contributed by atoms with Gasteiger partial charge in [0.25, 0.3) is 5.91 Å². The molecular weight excluding hydrogens is 812 g/mol. The van der Waals surface area contributed by atoms with Crippen LogP contribution in [0.5, 0.6) is 0 Å². The second kappa shape index (κ2) is 18.8. The summed E-state index contributed by atoms with van der Waals surface area (Å²) < 4.78 is 13.4. The molecule has 0 unspecified atom stereocenters. The molecule has 4 heterocycles. The average molecular weight is 857 g/mol. The number of hydrogen-bond donors (Lipinski definition) is 4. The Morgan fingerprint density at radius 3 is 2.37 bits per heavy atom. The van der Waals surface area contributed by atoms with Crippen LogP contribution in [0.3, 0.4) is 0 Å². The van der Waals surface area contributed by atoms with Crippen LogP contribution in [0.2, 0.25) is 0 Å². The van der Waals surface area contributed by atoms with Crippen molar-refractivity contribution in [1.82, 2.24) is 35.9 Å². The normalized spacial score (nSPS) is 16.8. The van der Waals surface area contributed by atoms with Crippen LogP contribution in [-0.4, -0.2) is 72.9 Å². The number of oxime groups is 1. The number of anilines is 1. The van der Waals surface area contributed by atoms with Crippen molar-refractivity contribution in [2.45, 2.75) is 82.6 Å². The third-order valence-electron chi connectivity index (χ3n) is 9.27.